The normalized spacial score (nSPS) is 18.6. The van der Waals surface area contributed by atoms with Crippen LogP contribution >= 0.6 is 12.2 Å². The van der Waals surface area contributed by atoms with E-state index < -0.39 is 6.04 Å². The third kappa shape index (κ3) is 2.16. The van der Waals surface area contributed by atoms with Crippen LogP contribution in [0.3, 0.4) is 0 Å². The molecule has 0 aliphatic carbocycles. The van der Waals surface area contributed by atoms with Gasteiger partial charge in [-0.2, -0.15) is 0 Å². The van der Waals surface area contributed by atoms with Gasteiger partial charge in [-0.3, -0.25) is 4.79 Å². The number of hydrogen-bond donors (Lipinski definition) is 2. The molecule has 1 unspecified atom stereocenters. The number of thiocarbonyl (C=S) groups is 1. The smallest absolute Gasteiger partial charge is 0.253 e. The molecule has 1 fully saturated rings. The molecule has 2 rings (SSSR count). The summed E-state index contributed by atoms with van der Waals surface area (Å²) in [4.78, 5) is 11.6. The van der Waals surface area contributed by atoms with Crippen LogP contribution in [-0.2, 0) is 4.79 Å². The second-order valence-electron chi connectivity index (χ2n) is 3.51. The van der Waals surface area contributed by atoms with Gasteiger partial charge in [0.2, 0.25) is 0 Å². The van der Waals surface area contributed by atoms with Gasteiger partial charge < -0.3 is 20.1 Å². The van der Waals surface area contributed by atoms with Crippen LogP contribution in [0.15, 0.2) is 18.2 Å². The number of carbonyl (C=O) groups excluding carboxylic acids is 1. The van der Waals surface area contributed by atoms with E-state index in [9.17, 15) is 4.79 Å². The van der Waals surface area contributed by atoms with Crippen molar-refractivity contribution in [2.75, 3.05) is 14.2 Å². The molecule has 0 saturated carbocycles. The van der Waals surface area contributed by atoms with Gasteiger partial charge in [0.15, 0.2) is 16.6 Å². The Labute approximate surface area is 104 Å². The van der Waals surface area contributed by atoms with Crippen molar-refractivity contribution >= 4 is 23.2 Å². The van der Waals surface area contributed by atoms with E-state index in [0.717, 1.165) is 5.56 Å². The molecule has 0 radical (unpaired) electrons. The number of amides is 1. The van der Waals surface area contributed by atoms with Crippen LogP contribution in [0.4, 0.5) is 0 Å². The van der Waals surface area contributed by atoms with E-state index in [1.54, 1.807) is 32.4 Å². The van der Waals surface area contributed by atoms with E-state index in [2.05, 4.69) is 10.6 Å². The molecule has 1 aliphatic heterocycles. The SMILES string of the molecule is COc1ccc(C2NC(=S)NC2=O)cc1OC. The molecule has 1 aliphatic rings. The van der Waals surface area contributed by atoms with Gasteiger partial charge in [-0.15, -0.1) is 0 Å². The van der Waals surface area contributed by atoms with Gasteiger partial charge in [0.1, 0.15) is 6.04 Å². The summed E-state index contributed by atoms with van der Waals surface area (Å²) in [5, 5.41) is 5.77. The van der Waals surface area contributed by atoms with Gasteiger partial charge in [0.05, 0.1) is 14.2 Å². The quantitative estimate of drug-likeness (QED) is 0.777. The Morgan fingerprint density at radius 1 is 1.24 bits per heavy atom. The first kappa shape index (κ1) is 11.7. The molecular formula is C11H12N2O3S. The Morgan fingerprint density at radius 3 is 2.47 bits per heavy atom. The van der Waals surface area contributed by atoms with E-state index >= 15 is 0 Å². The van der Waals surface area contributed by atoms with Crippen LogP contribution in [0.25, 0.3) is 0 Å². The zero-order valence-corrected chi connectivity index (χ0v) is 10.3. The summed E-state index contributed by atoms with van der Waals surface area (Å²) >= 11 is 4.88. The van der Waals surface area contributed by atoms with E-state index in [1.165, 1.54) is 0 Å². The van der Waals surface area contributed by atoms with Crippen molar-refractivity contribution in [1.29, 1.82) is 0 Å². The summed E-state index contributed by atoms with van der Waals surface area (Å²) in [6.07, 6.45) is 0. The first-order valence-electron chi connectivity index (χ1n) is 4.99. The lowest BCUT2D eigenvalue weighted by Crippen LogP contribution is -2.21. The number of hydrogen-bond acceptors (Lipinski definition) is 4. The molecule has 1 atom stereocenters. The lowest BCUT2D eigenvalue weighted by Gasteiger charge is -2.12. The van der Waals surface area contributed by atoms with Crippen LogP contribution in [-0.4, -0.2) is 25.2 Å². The highest BCUT2D eigenvalue weighted by atomic mass is 32.1. The molecule has 0 aromatic heterocycles. The summed E-state index contributed by atoms with van der Waals surface area (Å²) in [5.41, 5.74) is 0.778. The molecule has 0 bridgehead atoms. The van der Waals surface area contributed by atoms with Crippen molar-refractivity contribution in [1.82, 2.24) is 10.6 Å². The topological polar surface area (TPSA) is 59.6 Å². The average Bonchev–Trinajstić information content (AvgIpc) is 2.67. The van der Waals surface area contributed by atoms with Gasteiger partial charge in [0.25, 0.3) is 5.91 Å². The third-order valence-electron chi connectivity index (χ3n) is 2.52. The van der Waals surface area contributed by atoms with Crippen LogP contribution in [0, 0.1) is 0 Å². The minimum atomic E-state index is -0.470. The summed E-state index contributed by atoms with van der Waals surface area (Å²) in [6.45, 7) is 0. The van der Waals surface area contributed by atoms with Crippen LogP contribution in [0.2, 0.25) is 0 Å². The van der Waals surface area contributed by atoms with Gasteiger partial charge in [-0.25, -0.2) is 0 Å². The summed E-state index contributed by atoms with van der Waals surface area (Å²) < 4.78 is 10.3. The number of rotatable bonds is 3. The third-order valence-corrected chi connectivity index (χ3v) is 2.74. The maximum Gasteiger partial charge on any atom is 0.253 e. The highest BCUT2D eigenvalue weighted by Gasteiger charge is 2.29. The van der Waals surface area contributed by atoms with Crippen molar-refractivity contribution < 1.29 is 14.3 Å². The Balaban J connectivity index is 2.33. The van der Waals surface area contributed by atoms with E-state index in [0.29, 0.717) is 16.6 Å². The van der Waals surface area contributed by atoms with Gasteiger partial charge >= 0.3 is 0 Å². The lowest BCUT2D eigenvalue weighted by molar-refractivity contribution is -0.120. The Morgan fingerprint density at radius 2 is 1.94 bits per heavy atom. The maximum atomic E-state index is 11.6. The predicted molar refractivity (Wildman–Crippen MR) is 66.2 cm³/mol. The molecule has 6 heteroatoms. The fourth-order valence-electron chi connectivity index (χ4n) is 1.68. The zero-order valence-electron chi connectivity index (χ0n) is 9.44. The molecule has 1 saturated heterocycles. The molecule has 17 heavy (non-hydrogen) atoms. The standard InChI is InChI=1S/C11H12N2O3S/c1-15-7-4-3-6(5-8(7)16-2)9-10(14)13-11(17)12-9/h3-5,9H,1-2H3,(H2,12,13,14,17). The predicted octanol–water partition coefficient (Wildman–Crippen LogP) is 0.749. The number of benzene rings is 1. The van der Waals surface area contributed by atoms with Crippen LogP contribution in [0.5, 0.6) is 11.5 Å². The lowest BCUT2D eigenvalue weighted by atomic mass is 10.1. The van der Waals surface area contributed by atoms with Crippen molar-refractivity contribution in [3.8, 4) is 11.5 Å². The zero-order chi connectivity index (χ0) is 12.4. The highest BCUT2D eigenvalue weighted by molar-refractivity contribution is 7.80. The molecule has 1 aromatic carbocycles. The molecule has 0 spiro atoms. The minimum Gasteiger partial charge on any atom is -0.493 e. The summed E-state index contributed by atoms with van der Waals surface area (Å²) in [6, 6.07) is 4.84. The molecule has 1 heterocycles. The number of methoxy groups -OCH3 is 2. The van der Waals surface area contributed by atoms with E-state index in [1.807, 2.05) is 0 Å². The summed E-state index contributed by atoms with van der Waals surface area (Å²) in [5.74, 6) is 1.04. The first-order chi connectivity index (χ1) is 8.15. The molecule has 2 N–H and O–H groups in total. The van der Waals surface area contributed by atoms with Crippen molar-refractivity contribution in [3.05, 3.63) is 23.8 Å². The maximum absolute atomic E-state index is 11.6. The second-order valence-corrected chi connectivity index (χ2v) is 3.92. The van der Waals surface area contributed by atoms with Crippen LogP contribution < -0.4 is 20.1 Å². The highest BCUT2D eigenvalue weighted by Crippen LogP contribution is 2.30. The van der Waals surface area contributed by atoms with Crippen molar-refractivity contribution in [2.24, 2.45) is 0 Å². The minimum absolute atomic E-state index is 0.165. The molecule has 5 nitrogen and oxygen atoms in total. The van der Waals surface area contributed by atoms with Gasteiger partial charge in [0, 0.05) is 0 Å². The van der Waals surface area contributed by atoms with E-state index in [-0.39, 0.29) is 5.91 Å². The molecule has 90 valence electrons. The largest absolute Gasteiger partial charge is 0.493 e. The molecule has 1 amide bonds. The van der Waals surface area contributed by atoms with Gasteiger partial charge in [-0.1, -0.05) is 6.07 Å². The number of ether oxygens (including phenoxy) is 2. The van der Waals surface area contributed by atoms with Crippen LogP contribution in [0.1, 0.15) is 11.6 Å². The Hall–Kier alpha value is -1.82. The van der Waals surface area contributed by atoms with Crippen molar-refractivity contribution in [2.45, 2.75) is 6.04 Å². The van der Waals surface area contributed by atoms with E-state index in [4.69, 9.17) is 21.7 Å². The fourth-order valence-corrected chi connectivity index (χ4v) is 1.90. The Kier molecular flexibility index (Phi) is 3.14. The first-order valence-corrected chi connectivity index (χ1v) is 5.40. The monoisotopic (exact) mass is 252 g/mol. The average molecular weight is 252 g/mol. The van der Waals surface area contributed by atoms with Crippen molar-refractivity contribution in [3.63, 3.8) is 0 Å². The molecule has 1 aromatic rings. The van der Waals surface area contributed by atoms with Gasteiger partial charge in [-0.05, 0) is 29.9 Å². The second kappa shape index (κ2) is 4.58. The fraction of sp³-hybridized carbons (Fsp3) is 0.273. The Bertz CT molecular complexity index is 476. The number of nitrogens with one attached hydrogen (secondary N) is 2. The number of carbonyl (C=O) groups is 1. The molecular weight excluding hydrogens is 240 g/mol. The summed E-state index contributed by atoms with van der Waals surface area (Å²) in [7, 11) is 3.11.